The van der Waals surface area contributed by atoms with Gasteiger partial charge in [0.25, 0.3) is 5.92 Å². The summed E-state index contributed by atoms with van der Waals surface area (Å²) in [5.74, 6) is -1.60. The molecular formula is C18H24F2N8. The lowest BCUT2D eigenvalue weighted by Gasteiger charge is -2.18. The number of anilines is 1. The van der Waals surface area contributed by atoms with E-state index in [0.29, 0.717) is 35.8 Å². The molecule has 1 saturated heterocycles. The van der Waals surface area contributed by atoms with E-state index in [2.05, 4.69) is 32.3 Å². The van der Waals surface area contributed by atoms with E-state index in [1.807, 2.05) is 20.0 Å². The summed E-state index contributed by atoms with van der Waals surface area (Å²) in [5, 5.41) is 12.8. The molecule has 4 heterocycles. The maximum absolute atomic E-state index is 13.8. The first-order chi connectivity index (χ1) is 13.4. The van der Waals surface area contributed by atoms with Crippen molar-refractivity contribution < 1.29 is 8.78 Å². The molecule has 0 amide bonds. The molecule has 0 bridgehead atoms. The Morgan fingerprint density at radius 1 is 1.25 bits per heavy atom. The highest BCUT2D eigenvalue weighted by Gasteiger charge is 2.40. The highest BCUT2D eigenvalue weighted by molar-refractivity contribution is 5.83. The third kappa shape index (κ3) is 3.55. The molecule has 1 aliphatic heterocycles. The third-order valence-electron chi connectivity index (χ3n) is 5.02. The van der Waals surface area contributed by atoms with E-state index in [4.69, 9.17) is 0 Å². The predicted molar refractivity (Wildman–Crippen MR) is 101 cm³/mol. The number of nitrogens with zero attached hydrogens (tertiary/aromatic N) is 8. The van der Waals surface area contributed by atoms with Gasteiger partial charge in [0, 0.05) is 26.4 Å². The van der Waals surface area contributed by atoms with Crippen LogP contribution in [-0.4, -0.2) is 53.8 Å². The summed E-state index contributed by atoms with van der Waals surface area (Å²) in [6.07, 6.45) is 2.46. The van der Waals surface area contributed by atoms with Crippen molar-refractivity contribution in [3.63, 3.8) is 0 Å². The Kier molecular flexibility index (Phi) is 4.72. The van der Waals surface area contributed by atoms with Crippen molar-refractivity contribution >= 4 is 17.0 Å². The molecule has 0 unspecified atom stereocenters. The maximum Gasteiger partial charge on any atom is 0.266 e. The van der Waals surface area contributed by atoms with Crippen LogP contribution in [0.15, 0.2) is 6.07 Å². The van der Waals surface area contributed by atoms with Gasteiger partial charge in [0.2, 0.25) is 0 Å². The molecule has 0 N–H and O–H groups in total. The van der Waals surface area contributed by atoms with Crippen LogP contribution < -0.4 is 4.90 Å². The molecule has 0 aromatic carbocycles. The normalized spacial score (nSPS) is 16.4. The zero-order chi connectivity index (χ0) is 19.9. The highest BCUT2D eigenvalue weighted by atomic mass is 19.3. The van der Waals surface area contributed by atoms with Crippen molar-refractivity contribution in [1.29, 1.82) is 0 Å². The van der Waals surface area contributed by atoms with Crippen LogP contribution in [0.2, 0.25) is 0 Å². The second-order valence-electron chi connectivity index (χ2n) is 7.41. The smallest absolute Gasteiger partial charge is 0.266 e. The standard InChI is InChI=1S/C18H24F2N8/c1-4-5-6-14-21-16(27-8-7-18(19,20)11-27)15-17(22-14)28(25-23-15)10-13-9-12(2)24-26(13)3/h9H,4-8,10-11H2,1-3H3. The Balaban J connectivity index is 1.76. The number of aryl methyl sites for hydroxylation is 3. The van der Waals surface area contributed by atoms with E-state index in [1.54, 1.807) is 14.3 Å². The van der Waals surface area contributed by atoms with Crippen LogP contribution in [-0.2, 0) is 20.0 Å². The predicted octanol–water partition coefficient (Wildman–Crippen LogP) is 2.50. The summed E-state index contributed by atoms with van der Waals surface area (Å²) < 4.78 is 31.1. The van der Waals surface area contributed by atoms with Gasteiger partial charge in [-0.25, -0.2) is 23.4 Å². The van der Waals surface area contributed by atoms with Gasteiger partial charge in [0.05, 0.1) is 24.5 Å². The molecule has 8 nitrogen and oxygen atoms in total. The zero-order valence-electron chi connectivity index (χ0n) is 16.4. The van der Waals surface area contributed by atoms with Crippen LogP contribution in [0.4, 0.5) is 14.6 Å². The van der Waals surface area contributed by atoms with Gasteiger partial charge in [-0.05, 0) is 19.4 Å². The molecule has 0 aliphatic carbocycles. The number of alkyl halides is 2. The van der Waals surface area contributed by atoms with Crippen molar-refractivity contribution in [2.45, 2.75) is 52.0 Å². The summed E-state index contributed by atoms with van der Waals surface area (Å²) in [6.45, 7) is 4.38. The molecule has 3 aromatic heterocycles. The van der Waals surface area contributed by atoms with Gasteiger partial charge in [0.1, 0.15) is 5.82 Å². The van der Waals surface area contributed by atoms with Crippen molar-refractivity contribution in [2.75, 3.05) is 18.0 Å². The minimum absolute atomic E-state index is 0.175. The highest BCUT2D eigenvalue weighted by Crippen LogP contribution is 2.32. The number of unbranched alkanes of at least 4 members (excludes halogenated alkanes) is 1. The fraction of sp³-hybridized carbons (Fsp3) is 0.611. The Bertz CT molecular complexity index is 993. The van der Waals surface area contributed by atoms with Gasteiger partial charge in [-0.3, -0.25) is 4.68 Å². The Labute approximate surface area is 161 Å². The lowest BCUT2D eigenvalue weighted by Crippen LogP contribution is -2.26. The number of rotatable bonds is 6. The topological polar surface area (TPSA) is 77.5 Å². The quantitative estimate of drug-likeness (QED) is 0.644. The largest absolute Gasteiger partial charge is 0.348 e. The summed E-state index contributed by atoms with van der Waals surface area (Å²) in [6, 6.07) is 1.98. The fourth-order valence-electron chi connectivity index (χ4n) is 3.54. The molecule has 0 spiro atoms. The lowest BCUT2D eigenvalue weighted by molar-refractivity contribution is 0.0257. The van der Waals surface area contributed by atoms with E-state index in [-0.39, 0.29) is 19.5 Å². The number of halogens is 2. The van der Waals surface area contributed by atoms with Crippen LogP contribution in [0.5, 0.6) is 0 Å². The first-order valence-electron chi connectivity index (χ1n) is 9.58. The van der Waals surface area contributed by atoms with E-state index >= 15 is 0 Å². The molecule has 0 saturated carbocycles. The molecule has 0 atom stereocenters. The molecule has 1 aliphatic rings. The van der Waals surface area contributed by atoms with Crippen molar-refractivity contribution in [3.05, 3.63) is 23.3 Å². The summed E-state index contributed by atoms with van der Waals surface area (Å²) in [5.41, 5.74) is 2.93. The fourth-order valence-corrected chi connectivity index (χ4v) is 3.54. The second kappa shape index (κ2) is 7.06. The van der Waals surface area contributed by atoms with Gasteiger partial charge in [-0.1, -0.05) is 18.6 Å². The molecule has 10 heteroatoms. The Hall–Kier alpha value is -2.65. The van der Waals surface area contributed by atoms with E-state index in [1.165, 1.54) is 0 Å². The molecule has 150 valence electrons. The number of fused-ring (bicyclic) bond motifs is 1. The SMILES string of the molecule is CCCCc1nc(N2CCC(F)(F)C2)c2nnn(Cc3cc(C)nn3C)c2n1. The molecule has 4 rings (SSSR count). The van der Waals surface area contributed by atoms with Crippen LogP contribution >= 0.6 is 0 Å². The van der Waals surface area contributed by atoms with Gasteiger partial charge in [-0.2, -0.15) is 5.10 Å². The minimum Gasteiger partial charge on any atom is -0.348 e. The van der Waals surface area contributed by atoms with Gasteiger partial charge in [-0.15, -0.1) is 5.10 Å². The molecule has 28 heavy (non-hydrogen) atoms. The number of hydrogen-bond acceptors (Lipinski definition) is 6. The van der Waals surface area contributed by atoms with Crippen LogP contribution in [0.25, 0.3) is 11.2 Å². The van der Waals surface area contributed by atoms with Crippen LogP contribution in [0.3, 0.4) is 0 Å². The third-order valence-corrected chi connectivity index (χ3v) is 5.02. The van der Waals surface area contributed by atoms with Gasteiger partial charge in [0.15, 0.2) is 17.0 Å². The molecular weight excluding hydrogens is 366 g/mol. The molecule has 1 fully saturated rings. The molecule has 0 radical (unpaired) electrons. The first kappa shape index (κ1) is 18.7. The lowest BCUT2D eigenvalue weighted by atomic mass is 10.2. The van der Waals surface area contributed by atoms with Crippen LogP contribution in [0.1, 0.15) is 43.4 Å². The monoisotopic (exact) mass is 390 g/mol. The summed E-state index contributed by atoms with van der Waals surface area (Å²) >= 11 is 0. The van der Waals surface area contributed by atoms with E-state index in [9.17, 15) is 8.78 Å². The van der Waals surface area contributed by atoms with Gasteiger partial charge >= 0.3 is 0 Å². The first-order valence-corrected chi connectivity index (χ1v) is 9.58. The number of hydrogen-bond donors (Lipinski definition) is 0. The summed E-state index contributed by atoms with van der Waals surface area (Å²) in [7, 11) is 1.88. The molecule has 3 aromatic rings. The van der Waals surface area contributed by atoms with E-state index < -0.39 is 5.92 Å². The average molecular weight is 390 g/mol. The minimum atomic E-state index is -2.71. The van der Waals surface area contributed by atoms with Crippen molar-refractivity contribution in [3.8, 4) is 0 Å². The number of aromatic nitrogens is 7. The van der Waals surface area contributed by atoms with Gasteiger partial charge < -0.3 is 4.90 Å². The second-order valence-corrected chi connectivity index (χ2v) is 7.41. The Morgan fingerprint density at radius 3 is 2.71 bits per heavy atom. The zero-order valence-corrected chi connectivity index (χ0v) is 16.4. The van der Waals surface area contributed by atoms with Crippen molar-refractivity contribution in [2.24, 2.45) is 7.05 Å². The van der Waals surface area contributed by atoms with Crippen LogP contribution in [0, 0.1) is 6.92 Å². The van der Waals surface area contributed by atoms with Crippen molar-refractivity contribution in [1.82, 2.24) is 34.7 Å². The average Bonchev–Trinajstić information content (AvgIpc) is 3.30. The Morgan fingerprint density at radius 2 is 2.07 bits per heavy atom. The maximum atomic E-state index is 13.8. The van der Waals surface area contributed by atoms with E-state index in [0.717, 1.165) is 24.2 Å². The summed E-state index contributed by atoms with van der Waals surface area (Å²) in [4.78, 5) is 10.8.